The maximum Gasteiger partial charge on any atom is 0.405 e. The van der Waals surface area contributed by atoms with Crippen LogP contribution in [0, 0.1) is 11.8 Å². The number of amides is 2. The number of fused-ring (bicyclic) bond motifs is 1. The summed E-state index contributed by atoms with van der Waals surface area (Å²) < 4.78 is 20.8. The van der Waals surface area contributed by atoms with Crippen molar-refractivity contribution in [3.05, 3.63) is 53.9 Å². The number of carboxylic acid groups (broad SMARTS) is 1. The molecule has 0 unspecified atom stereocenters. The summed E-state index contributed by atoms with van der Waals surface area (Å²) in [5.74, 6) is 7.47. The normalized spacial score (nSPS) is 14.9. The van der Waals surface area contributed by atoms with Gasteiger partial charge in [-0.15, -0.1) is 0 Å². The van der Waals surface area contributed by atoms with Gasteiger partial charge in [0.2, 0.25) is 5.91 Å². The van der Waals surface area contributed by atoms with E-state index in [9.17, 15) is 14.7 Å². The Morgan fingerprint density at radius 3 is 2.40 bits per heavy atom. The highest BCUT2D eigenvalue weighted by Crippen LogP contribution is 2.36. The number of pyridine rings is 1. The second kappa shape index (κ2) is 17.0. The van der Waals surface area contributed by atoms with Crippen LogP contribution in [0.15, 0.2) is 42.7 Å². The molecule has 2 aromatic heterocycles. The van der Waals surface area contributed by atoms with E-state index in [0.29, 0.717) is 37.1 Å². The third-order valence-corrected chi connectivity index (χ3v) is 15.8. The van der Waals surface area contributed by atoms with Gasteiger partial charge in [0, 0.05) is 39.5 Å². The SMILES string of the molecule is CC(C)(C)[Si](C)(C)OCC#Cc1cn(COCC[Si](C)(C)C)c2nccc(Oc3ccc(C[C@H](NC(=O)O)C(=O)NC4CCCCC4)cc3)c12. The fraction of sp³-hybridized carbons (Fsp3) is 0.553. The van der Waals surface area contributed by atoms with Gasteiger partial charge in [-0.3, -0.25) is 4.79 Å². The first kappa shape index (κ1) is 39.2. The Morgan fingerprint density at radius 2 is 1.76 bits per heavy atom. The molecule has 3 N–H and O–H groups in total. The molecule has 1 aliphatic rings. The van der Waals surface area contributed by atoms with Crippen LogP contribution < -0.4 is 15.4 Å². The number of hydrogen-bond acceptors (Lipinski definition) is 6. The van der Waals surface area contributed by atoms with E-state index >= 15 is 0 Å². The average Bonchev–Trinajstić information content (AvgIpc) is 3.39. The van der Waals surface area contributed by atoms with Crippen LogP contribution in [0.4, 0.5) is 4.79 Å². The molecule has 0 bridgehead atoms. The van der Waals surface area contributed by atoms with Crippen molar-refractivity contribution >= 4 is 39.4 Å². The second-order valence-electron chi connectivity index (χ2n) is 16.0. The zero-order valence-corrected chi connectivity index (χ0v) is 33.2. The third-order valence-electron chi connectivity index (χ3n) is 9.64. The number of carbonyl (C=O) groups excluding carboxylic acids is 1. The number of carbonyl (C=O) groups is 2. The number of hydrogen-bond donors (Lipinski definition) is 3. The molecular weight excluding hydrogens is 665 g/mol. The Bertz CT molecular complexity index is 1660. The van der Waals surface area contributed by atoms with Crippen molar-refractivity contribution < 1.29 is 28.6 Å². The standard InChI is InChI=1S/C38H56N4O6Si2/c1-38(2,3)50(7,8)47-22-12-13-29-26-42(27-46-23-24-49(4,5)6)35-34(29)33(20-21-39-35)48-31-18-16-28(17-19-31)25-32(41-37(44)45)36(43)40-30-14-10-9-11-15-30/h16-21,26,30,32,41H,9-11,14-15,22-25,27H2,1-8H3,(H,40,43)(H,44,45)/t32-/m0/s1. The monoisotopic (exact) mass is 720 g/mol. The lowest BCUT2D eigenvalue weighted by molar-refractivity contribution is -0.123. The fourth-order valence-corrected chi connectivity index (χ4v) is 7.16. The van der Waals surface area contributed by atoms with Crippen LogP contribution in [0.5, 0.6) is 11.5 Å². The molecule has 1 saturated carbocycles. The van der Waals surface area contributed by atoms with Gasteiger partial charge < -0.3 is 34.2 Å². The topological polar surface area (TPSA) is 124 Å². The van der Waals surface area contributed by atoms with Crippen LogP contribution in [0.1, 0.15) is 64.0 Å². The number of ether oxygens (including phenoxy) is 2. The Kier molecular flexibility index (Phi) is 13.4. The lowest BCUT2D eigenvalue weighted by Crippen LogP contribution is -2.50. The van der Waals surface area contributed by atoms with Gasteiger partial charge in [-0.2, -0.15) is 0 Å². The molecular formula is C38H56N4O6Si2. The number of nitrogens with one attached hydrogen (secondary N) is 2. The Labute approximate surface area is 299 Å². The highest BCUT2D eigenvalue weighted by Gasteiger charge is 2.36. The molecule has 12 heteroatoms. The van der Waals surface area contributed by atoms with Gasteiger partial charge in [0.25, 0.3) is 0 Å². The predicted octanol–water partition coefficient (Wildman–Crippen LogP) is 8.14. The van der Waals surface area contributed by atoms with E-state index in [2.05, 4.69) is 81.0 Å². The molecule has 3 aromatic rings. The first-order valence-electron chi connectivity index (χ1n) is 17.8. The van der Waals surface area contributed by atoms with E-state index < -0.39 is 28.5 Å². The summed E-state index contributed by atoms with van der Waals surface area (Å²) in [6.45, 7) is 19.4. The van der Waals surface area contributed by atoms with E-state index in [0.717, 1.165) is 48.2 Å². The Morgan fingerprint density at radius 1 is 1.06 bits per heavy atom. The summed E-state index contributed by atoms with van der Waals surface area (Å²) in [6.07, 6.45) is 7.85. The van der Waals surface area contributed by atoms with Crippen molar-refractivity contribution in [2.24, 2.45) is 0 Å². The van der Waals surface area contributed by atoms with Gasteiger partial charge in [-0.05, 0) is 60.8 Å². The Balaban J connectivity index is 1.54. The average molecular weight is 721 g/mol. The molecule has 0 aliphatic heterocycles. The van der Waals surface area contributed by atoms with E-state index in [1.165, 1.54) is 6.42 Å². The van der Waals surface area contributed by atoms with Crippen LogP contribution >= 0.6 is 0 Å². The van der Waals surface area contributed by atoms with Gasteiger partial charge in [0.05, 0.1) is 17.6 Å². The van der Waals surface area contributed by atoms with Crippen LogP contribution in [0.3, 0.4) is 0 Å². The molecule has 272 valence electrons. The maximum atomic E-state index is 13.0. The number of nitrogens with zero attached hydrogens (tertiary/aromatic N) is 2. The molecule has 10 nitrogen and oxygen atoms in total. The highest BCUT2D eigenvalue weighted by molar-refractivity contribution is 6.76. The van der Waals surface area contributed by atoms with Crippen molar-refractivity contribution in [1.82, 2.24) is 20.2 Å². The molecule has 0 spiro atoms. The van der Waals surface area contributed by atoms with Crippen molar-refractivity contribution in [2.75, 3.05) is 13.2 Å². The van der Waals surface area contributed by atoms with Crippen molar-refractivity contribution in [1.29, 1.82) is 0 Å². The van der Waals surface area contributed by atoms with Gasteiger partial charge >= 0.3 is 6.09 Å². The number of rotatable bonds is 14. The van der Waals surface area contributed by atoms with Gasteiger partial charge in [-0.25, -0.2) is 9.78 Å². The lowest BCUT2D eigenvalue weighted by Gasteiger charge is -2.35. The summed E-state index contributed by atoms with van der Waals surface area (Å²) in [6, 6.07) is 9.46. The summed E-state index contributed by atoms with van der Waals surface area (Å²) >= 11 is 0. The first-order chi connectivity index (χ1) is 23.5. The highest BCUT2D eigenvalue weighted by atomic mass is 28.4. The summed E-state index contributed by atoms with van der Waals surface area (Å²) in [5, 5.41) is 15.7. The molecule has 4 rings (SSSR count). The second-order valence-corrected chi connectivity index (χ2v) is 26.4. The van der Waals surface area contributed by atoms with Gasteiger partial charge in [0.15, 0.2) is 8.32 Å². The molecule has 1 atom stereocenters. The summed E-state index contributed by atoms with van der Waals surface area (Å²) in [7, 11) is -3.18. The molecule has 2 heterocycles. The van der Waals surface area contributed by atoms with Crippen LogP contribution in [-0.4, -0.2) is 68.3 Å². The number of benzene rings is 1. The zero-order valence-electron chi connectivity index (χ0n) is 31.2. The molecule has 1 aromatic carbocycles. The smallest absolute Gasteiger partial charge is 0.405 e. The van der Waals surface area contributed by atoms with Crippen LogP contribution in [0.2, 0.25) is 43.8 Å². The van der Waals surface area contributed by atoms with E-state index in [4.69, 9.17) is 13.9 Å². The lowest BCUT2D eigenvalue weighted by atomic mass is 9.95. The molecule has 2 amide bonds. The maximum absolute atomic E-state index is 13.0. The summed E-state index contributed by atoms with van der Waals surface area (Å²) in [4.78, 5) is 29.3. The molecule has 0 saturated heterocycles. The summed E-state index contributed by atoms with van der Waals surface area (Å²) in [5.41, 5.74) is 2.30. The minimum Gasteiger partial charge on any atom is -0.465 e. The Hall–Kier alpha value is -3.64. The van der Waals surface area contributed by atoms with E-state index in [1.807, 2.05) is 41.1 Å². The van der Waals surface area contributed by atoms with Gasteiger partial charge in [0.1, 0.15) is 29.9 Å². The van der Waals surface area contributed by atoms with Crippen LogP contribution in [0.25, 0.3) is 11.0 Å². The minimum atomic E-state index is -1.95. The fourth-order valence-electron chi connectivity index (χ4n) is 5.53. The van der Waals surface area contributed by atoms with Gasteiger partial charge in [-0.1, -0.05) is 83.6 Å². The quantitative estimate of drug-likeness (QED) is 0.0873. The largest absolute Gasteiger partial charge is 0.465 e. The predicted molar refractivity (Wildman–Crippen MR) is 204 cm³/mol. The third kappa shape index (κ3) is 11.4. The molecule has 50 heavy (non-hydrogen) atoms. The minimum absolute atomic E-state index is 0.0907. The molecule has 1 fully saturated rings. The van der Waals surface area contributed by atoms with Crippen molar-refractivity contribution in [3.63, 3.8) is 0 Å². The number of aromatic nitrogens is 2. The van der Waals surface area contributed by atoms with E-state index in [-0.39, 0.29) is 23.4 Å². The first-order valence-corrected chi connectivity index (χ1v) is 24.4. The van der Waals surface area contributed by atoms with Crippen LogP contribution in [-0.2, 0) is 27.1 Å². The molecule has 0 radical (unpaired) electrons. The van der Waals surface area contributed by atoms with E-state index in [1.54, 1.807) is 6.20 Å². The van der Waals surface area contributed by atoms with Crippen molar-refractivity contribution in [2.45, 2.75) is 122 Å². The van der Waals surface area contributed by atoms with Crippen molar-refractivity contribution in [3.8, 4) is 23.3 Å². The zero-order chi connectivity index (χ0) is 36.5. The molecule has 1 aliphatic carbocycles.